The van der Waals surface area contributed by atoms with Crippen LogP contribution in [0.3, 0.4) is 0 Å². The van der Waals surface area contributed by atoms with Crippen LogP contribution in [0.25, 0.3) is 16.6 Å². The number of benzene rings is 2. The maximum atomic E-state index is 12.3. The number of H-pyrrole nitrogens is 1. The first-order chi connectivity index (χ1) is 13.7. The number of aromatic nitrogens is 4. The molecule has 0 aliphatic rings. The topological polar surface area (TPSA) is 75.6 Å². The minimum atomic E-state index is -0.00916. The lowest BCUT2D eigenvalue weighted by Gasteiger charge is -2.08. The molecule has 2 N–H and O–H groups in total. The highest BCUT2D eigenvalue weighted by atomic mass is 32.2. The van der Waals surface area contributed by atoms with Gasteiger partial charge in [-0.2, -0.15) is 0 Å². The van der Waals surface area contributed by atoms with Crippen molar-refractivity contribution in [1.82, 2.24) is 25.1 Å². The third-order valence-electron chi connectivity index (χ3n) is 4.53. The van der Waals surface area contributed by atoms with E-state index in [-0.39, 0.29) is 5.91 Å². The van der Waals surface area contributed by atoms with E-state index in [4.69, 9.17) is 0 Å². The van der Waals surface area contributed by atoms with Crippen LogP contribution in [0.2, 0.25) is 0 Å². The Kier molecular flexibility index (Phi) is 5.43. The molecule has 6 nitrogen and oxygen atoms in total. The molecule has 0 radical (unpaired) electrons. The van der Waals surface area contributed by atoms with Gasteiger partial charge in [-0.1, -0.05) is 48.2 Å². The van der Waals surface area contributed by atoms with Gasteiger partial charge >= 0.3 is 0 Å². The number of aryl methyl sites for hydroxylation is 1. The smallest absolute Gasteiger partial charge is 0.230 e. The second kappa shape index (κ2) is 8.31. The minimum Gasteiger partial charge on any atom is -0.361 e. The molecular formula is C21H21N5OS. The summed E-state index contributed by atoms with van der Waals surface area (Å²) in [6, 6.07) is 18.1. The summed E-state index contributed by atoms with van der Waals surface area (Å²) in [5, 5.41) is 13.3. The molecule has 0 saturated carbocycles. The number of carbonyl (C=O) groups excluding carboxylic acids is 1. The van der Waals surface area contributed by atoms with Gasteiger partial charge in [-0.25, -0.2) is 0 Å². The van der Waals surface area contributed by atoms with Crippen molar-refractivity contribution in [3.8, 4) is 5.69 Å². The normalized spacial score (nSPS) is 11.0. The maximum absolute atomic E-state index is 12.3. The number of aromatic amines is 1. The summed E-state index contributed by atoms with van der Waals surface area (Å²) in [5.41, 5.74) is 3.32. The molecule has 7 heteroatoms. The summed E-state index contributed by atoms with van der Waals surface area (Å²) in [4.78, 5) is 15.5. The van der Waals surface area contributed by atoms with Gasteiger partial charge in [0.15, 0.2) is 5.16 Å². The molecule has 0 unspecified atom stereocenters. The second-order valence-electron chi connectivity index (χ2n) is 6.45. The maximum Gasteiger partial charge on any atom is 0.230 e. The summed E-state index contributed by atoms with van der Waals surface area (Å²) in [5.74, 6) is 1.09. The minimum absolute atomic E-state index is 0.00916. The quantitative estimate of drug-likeness (QED) is 0.473. The van der Waals surface area contributed by atoms with Gasteiger partial charge in [0.1, 0.15) is 5.82 Å². The summed E-state index contributed by atoms with van der Waals surface area (Å²) in [6.45, 7) is 2.51. The highest BCUT2D eigenvalue weighted by Crippen LogP contribution is 2.21. The van der Waals surface area contributed by atoms with Crippen LogP contribution in [-0.2, 0) is 11.2 Å². The molecule has 1 amide bonds. The summed E-state index contributed by atoms with van der Waals surface area (Å²) >= 11 is 1.39. The van der Waals surface area contributed by atoms with Crippen LogP contribution in [0.4, 0.5) is 0 Å². The number of rotatable bonds is 7. The molecule has 0 aliphatic carbocycles. The molecule has 142 valence electrons. The molecule has 0 fully saturated rings. The summed E-state index contributed by atoms with van der Waals surface area (Å²) < 4.78 is 1.96. The molecule has 2 heterocycles. The first kappa shape index (κ1) is 18.3. The van der Waals surface area contributed by atoms with Crippen molar-refractivity contribution in [2.24, 2.45) is 0 Å². The first-order valence-electron chi connectivity index (χ1n) is 9.14. The zero-order valence-electron chi connectivity index (χ0n) is 15.6. The molecule has 2 aromatic carbocycles. The van der Waals surface area contributed by atoms with E-state index in [0.717, 1.165) is 28.6 Å². The van der Waals surface area contributed by atoms with Gasteiger partial charge in [0, 0.05) is 29.3 Å². The molecule has 0 saturated heterocycles. The number of amides is 1. The zero-order chi connectivity index (χ0) is 19.3. The Morgan fingerprint density at radius 1 is 1.11 bits per heavy atom. The number of nitrogens with one attached hydrogen (secondary N) is 2. The molecule has 0 spiro atoms. The highest BCUT2D eigenvalue weighted by molar-refractivity contribution is 7.99. The second-order valence-corrected chi connectivity index (χ2v) is 7.39. The summed E-state index contributed by atoms with van der Waals surface area (Å²) in [7, 11) is 0. The fourth-order valence-electron chi connectivity index (χ4n) is 3.17. The molecule has 4 rings (SSSR count). The van der Waals surface area contributed by atoms with Gasteiger partial charge in [-0.3, -0.25) is 9.36 Å². The van der Waals surface area contributed by atoms with Gasteiger partial charge in [-0.05, 0) is 37.1 Å². The van der Waals surface area contributed by atoms with Gasteiger partial charge in [0.25, 0.3) is 0 Å². The van der Waals surface area contributed by atoms with Crippen molar-refractivity contribution in [3.05, 3.63) is 72.2 Å². The standard InChI is InChI=1S/C21H21N5OS/c1-15-24-25-21(26(15)17-7-3-2-4-8-17)28-14-20(27)22-12-11-16-13-23-19-10-6-5-9-18(16)19/h2-10,13,23H,11-12,14H2,1H3,(H,22,27). The third-order valence-corrected chi connectivity index (χ3v) is 5.46. The van der Waals surface area contributed by atoms with E-state index in [1.807, 2.05) is 60.2 Å². The van der Waals surface area contributed by atoms with Crippen LogP contribution < -0.4 is 5.32 Å². The number of thioether (sulfide) groups is 1. The fraction of sp³-hybridized carbons (Fsp3) is 0.190. The molecule has 0 atom stereocenters. The lowest BCUT2D eigenvalue weighted by molar-refractivity contribution is -0.118. The van der Waals surface area contributed by atoms with Crippen molar-refractivity contribution >= 4 is 28.6 Å². The van der Waals surface area contributed by atoms with E-state index in [1.54, 1.807) is 0 Å². The van der Waals surface area contributed by atoms with Crippen LogP contribution in [0.1, 0.15) is 11.4 Å². The predicted molar refractivity (Wildman–Crippen MR) is 112 cm³/mol. The van der Waals surface area contributed by atoms with Crippen molar-refractivity contribution in [2.75, 3.05) is 12.3 Å². The number of fused-ring (bicyclic) bond motifs is 1. The average Bonchev–Trinajstić information content (AvgIpc) is 3.30. The van der Waals surface area contributed by atoms with Crippen molar-refractivity contribution in [3.63, 3.8) is 0 Å². The number of nitrogens with zero attached hydrogens (tertiary/aromatic N) is 3. The Morgan fingerprint density at radius 2 is 1.89 bits per heavy atom. The Balaban J connectivity index is 1.32. The van der Waals surface area contributed by atoms with E-state index in [0.29, 0.717) is 12.3 Å². The third kappa shape index (κ3) is 3.94. The van der Waals surface area contributed by atoms with Gasteiger partial charge in [0.2, 0.25) is 5.91 Å². The van der Waals surface area contributed by atoms with Gasteiger partial charge < -0.3 is 10.3 Å². The number of hydrogen-bond acceptors (Lipinski definition) is 4. The fourth-order valence-corrected chi connectivity index (χ4v) is 3.99. The van der Waals surface area contributed by atoms with Crippen LogP contribution in [0, 0.1) is 6.92 Å². The molecule has 28 heavy (non-hydrogen) atoms. The molecule has 2 aromatic heterocycles. The Hall–Kier alpha value is -3.06. The van der Waals surface area contributed by atoms with E-state index in [2.05, 4.69) is 32.6 Å². The number of hydrogen-bond donors (Lipinski definition) is 2. The van der Waals surface area contributed by atoms with Crippen LogP contribution in [0.15, 0.2) is 66.0 Å². The largest absolute Gasteiger partial charge is 0.361 e. The highest BCUT2D eigenvalue weighted by Gasteiger charge is 2.13. The molecule has 0 bridgehead atoms. The monoisotopic (exact) mass is 391 g/mol. The Morgan fingerprint density at radius 3 is 2.75 bits per heavy atom. The van der Waals surface area contributed by atoms with Crippen molar-refractivity contribution in [1.29, 1.82) is 0 Å². The number of para-hydroxylation sites is 2. The van der Waals surface area contributed by atoms with Crippen LogP contribution in [-0.4, -0.2) is 38.0 Å². The Labute approximate surface area is 167 Å². The lowest BCUT2D eigenvalue weighted by atomic mass is 10.1. The van der Waals surface area contributed by atoms with E-state index in [1.165, 1.54) is 22.7 Å². The number of carbonyl (C=O) groups is 1. The molecule has 4 aromatic rings. The lowest BCUT2D eigenvalue weighted by Crippen LogP contribution is -2.27. The Bertz CT molecular complexity index is 1090. The van der Waals surface area contributed by atoms with Gasteiger partial charge in [-0.15, -0.1) is 10.2 Å². The zero-order valence-corrected chi connectivity index (χ0v) is 16.4. The van der Waals surface area contributed by atoms with Crippen LogP contribution >= 0.6 is 11.8 Å². The van der Waals surface area contributed by atoms with Crippen LogP contribution in [0.5, 0.6) is 0 Å². The van der Waals surface area contributed by atoms with E-state index < -0.39 is 0 Å². The van der Waals surface area contributed by atoms with Gasteiger partial charge in [0.05, 0.1) is 5.75 Å². The predicted octanol–water partition coefficient (Wildman–Crippen LogP) is 3.51. The first-order valence-corrected chi connectivity index (χ1v) is 10.1. The van der Waals surface area contributed by atoms with Crippen molar-refractivity contribution < 1.29 is 4.79 Å². The van der Waals surface area contributed by atoms with Crippen molar-refractivity contribution in [2.45, 2.75) is 18.5 Å². The average molecular weight is 392 g/mol. The molecular weight excluding hydrogens is 370 g/mol. The summed E-state index contributed by atoms with van der Waals surface area (Å²) in [6.07, 6.45) is 2.80. The molecule has 0 aliphatic heterocycles. The SMILES string of the molecule is Cc1nnc(SCC(=O)NCCc2c[nH]c3ccccc23)n1-c1ccccc1. The van der Waals surface area contributed by atoms with E-state index >= 15 is 0 Å². The van der Waals surface area contributed by atoms with E-state index in [9.17, 15) is 4.79 Å².